The van der Waals surface area contributed by atoms with Crippen molar-refractivity contribution in [3.8, 4) is 0 Å². The van der Waals surface area contributed by atoms with Gasteiger partial charge in [-0.25, -0.2) is 0 Å². The second-order valence-corrected chi connectivity index (χ2v) is 4.30. The molecule has 0 saturated heterocycles. The highest BCUT2D eigenvalue weighted by Crippen LogP contribution is 2.09. The van der Waals surface area contributed by atoms with Crippen molar-refractivity contribution in [2.24, 2.45) is 0 Å². The zero-order chi connectivity index (χ0) is 11.3. The van der Waals surface area contributed by atoms with Crippen molar-refractivity contribution in [2.75, 3.05) is 7.11 Å². The van der Waals surface area contributed by atoms with E-state index in [4.69, 9.17) is 0 Å². The molecule has 4 heteroatoms. The molecule has 0 bridgehead atoms. The van der Waals surface area contributed by atoms with Gasteiger partial charge < -0.3 is 4.74 Å². The summed E-state index contributed by atoms with van der Waals surface area (Å²) in [6.07, 6.45) is 0. The second-order valence-electron chi connectivity index (χ2n) is 3.26. The SMILES string of the molecule is C=C(C)C(NCc1cccs1)C(=O)OC. The number of ether oxygens (including phenoxy) is 1. The molecule has 0 spiro atoms. The molecule has 0 radical (unpaired) electrons. The van der Waals surface area contributed by atoms with Crippen molar-refractivity contribution < 1.29 is 9.53 Å². The number of nitrogens with one attached hydrogen (secondary N) is 1. The summed E-state index contributed by atoms with van der Waals surface area (Å²) in [6, 6.07) is 3.58. The van der Waals surface area contributed by atoms with E-state index < -0.39 is 6.04 Å². The van der Waals surface area contributed by atoms with E-state index in [1.54, 1.807) is 11.3 Å². The Labute approximate surface area is 93.8 Å². The van der Waals surface area contributed by atoms with Crippen molar-refractivity contribution in [3.05, 3.63) is 34.5 Å². The van der Waals surface area contributed by atoms with Crippen LogP contribution >= 0.6 is 11.3 Å². The smallest absolute Gasteiger partial charge is 0.327 e. The predicted molar refractivity (Wildman–Crippen MR) is 61.8 cm³/mol. The number of hydrogen-bond donors (Lipinski definition) is 1. The first-order valence-electron chi connectivity index (χ1n) is 4.64. The van der Waals surface area contributed by atoms with Gasteiger partial charge in [-0.3, -0.25) is 10.1 Å². The van der Waals surface area contributed by atoms with Gasteiger partial charge >= 0.3 is 5.97 Å². The largest absolute Gasteiger partial charge is 0.468 e. The van der Waals surface area contributed by atoms with E-state index >= 15 is 0 Å². The molecule has 0 amide bonds. The molecular formula is C11H15NO2S. The topological polar surface area (TPSA) is 38.3 Å². The van der Waals surface area contributed by atoms with Crippen LogP contribution in [0.4, 0.5) is 0 Å². The Morgan fingerprint density at radius 3 is 2.93 bits per heavy atom. The third kappa shape index (κ3) is 3.49. The average Bonchev–Trinajstić information content (AvgIpc) is 2.70. The molecular weight excluding hydrogens is 210 g/mol. The first kappa shape index (κ1) is 11.9. The van der Waals surface area contributed by atoms with Crippen LogP contribution in [-0.2, 0) is 16.1 Å². The Balaban J connectivity index is 2.52. The molecule has 1 N–H and O–H groups in total. The molecule has 15 heavy (non-hydrogen) atoms. The van der Waals surface area contributed by atoms with Gasteiger partial charge in [0.1, 0.15) is 6.04 Å². The third-order valence-electron chi connectivity index (χ3n) is 1.99. The fraction of sp³-hybridized carbons (Fsp3) is 0.364. The van der Waals surface area contributed by atoms with Gasteiger partial charge in [-0.1, -0.05) is 18.2 Å². The molecule has 1 heterocycles. The molecule has 1 rings (SSSR count). The van der Waals surface area contributed by atoms with Gasteiger partial charge in [0.2, 0.25) is 0 Å². The van der Waals surface area contributed by atoms with Crippen LogP contribution in [0, 0.1) is 0 Å². The van der Waals surface area contributed by atoms with Crippen molar-refractivity contribution in [3.63, 3.8) is 0 Å². The summed E-state index contributed by atoms with van der Waals surface area (Å²) in [5, 5.41) is 5.11. The predicted octanol–water partition coefficient (Wildman–Crippen LogP) is 1.96. The highest BCUT2D eigenvalue weighted by molar-refractivity contribution is 7.09. The lowest BCUT2D eigenvalue weighted by atomic mass is 10.1. The van der Waals surface area contributed by atoms with Crippen LogP contribution in [0.1, 0.15) is 11.8 Å². The van der Waals surface area contributed by atoms with Crippen LogP contribution in [0.3, 0.4) is 0 Å². The summed E-state index contributed by atoms with van der Waals surface area (Å²) < 4.78 is 4.68. The molecule has 0 fully saturated rings. The molecule has 82 valence electrons. The van der Waals surface area contributed by atoms with E-state index in [1.807, 2.05) is 24.4 Å². The normalized spacial score (nSPS) is 12.1. The number of thiophene rings is 1. The monoisotopic (exact) mass is 225 g/mol. The molecule has 0 aromatic carbocycles. The maximum absolute atomic E-state index is 11.4. The summed E-state index contributed by atoms with van der Waals surface area (Å²) >= 11 is 1.65. The van der Waals surface area contributed by atoms with Crippen molar-refractivity contribution in [1.29, 1.82) is 0 Å². The maximum Gasteiger partial charge on any atom is 0.327 e. The average molecular weight is 225 g/mol. The van der Waals surface area contributed by atoms with Crippen LogP contribution in [-0.4, -0.2) is 19.1 Å². The van der Waals surface area contributed by atoms with Gasteiger partial charge in [-0.05, 0) is 18.4 Å². The Kier molecular flexibility index (Phi) is 4.52. The van der Waals surface area contributed by atoms with Crippen LogP contribution < -0.4 is 5.32 Å². The lowest BCUT2D eigenvalue weighted by molar-refractivity contribution is -0.142. The standard InChI is InChI=1S/C11H15NO2S/c1-8(2)10(11(13)14-3)12-7-9-5-4-6-15-9/h4-6,10,12H,1,7H2,2-3H3. The van der Waals surface area contributed by atoms with E-state index in [2.05, 4.69) is 16.6 Å². The first-order chi connectivity index (χ1) is 7.15. The summed E-state index contributed by atoms with van der Waals surface area (Å²) in [4.78, 5) is 12.6. The Morgan fingerprint density at radius 1 is 1.73 bits per heavy atom. The molecule has 0 saturated carbocycles. The van der Waals surface area contributed by atoms with Crippen molar-refractivity contribution in [2.45, 2.75) is 19.5 Å². The maximum atomic E-state index is 11.4. The van der Waals surface area contributed by atoms with Gasteiger partial charge in [-0.2, -0.15) is 0 Å². The number of esters is 1. The minimum absolute atomic E-state index is 0.293. The van der Waals surface area contributed by atoms with Gasteiger partial charge in [-0.15, -0.1) is 11.3 Å². The van der Waals surface area contributed by atoms with Crippen molar-refractivity contribution >= 4 is 17.3 Å². The minimum Gasteiger partial charge on any atom is -0.468 e. The van der Waals surface area contributed by atoms with Crippen LogP contribution in [0.5, 0.6) is 0 Å². The van der Waals surface area contributed by atoms with Gasteiger partial charge in [0.05, 0.1) is 7.11 Å². The zero-order valence-corrected chi connectivity index (χ0v) is 9.76. The summed E-state index contributed by atoms with van der Waals surface area (Å²) in [6.45, 7) is 6.23. The van der Waals surface area contributed by atoms with E-state index in [0.717, 1.165) is 5.57 Å². The molecule has 0 aliphatic rings. The fourth-order valence-corrected chi connectivity index (χ4v) is 1.85. The Morgan fingerprint density at radius 2 is 2.47 bits per heavy atom. The second kappa shape index (κ2) is 5.68. The van der Waals surface area contributed by atoms with Crippen LogP contribution in [0.25, 0.3) is 0 Å². The third-order valence-corrected chi connectivity index (χ3v) is 2.87. The van der Waals surface area contributed by atoms with E-state index in [0.29, 0.717) is 6.54 Å². The minimum atomic E-state index is -0.419. The lowest BCUT2D eigenvalue weighted by Gasteiger charge is -2.15. The van der Waals surface area contributed by atoms with Crippen molar-refractivity contribution in [1.82, 2.24) is 5.32 Å². The highest BCUT2D eigenvalue weighted by Gasteiger charge is 2.18. The molecule has 1 atom stereocenters. The lowest BCUT2D eigenvalue weighted by Crippen LogP contribution is -2.37. The van der Waals surface area contributed by atoms with E-state index in [1.165, 1.54) is 12.0 Å². The number of methoxy groups -OCH3 is 1. The van der Waals surface area contributed by atoms with Crippen LogP contribution in [0.15, 0.2) is 29.7 Å². The highest BCUT2D eigenvalue weighted by atomic mass is 32.1. The van der Waals surface area contributed by atoms with E-state index in [-0.39, 0.29) is 5.97 Å². The number of hydrogen-bond acceptors (Lipinski definition) is 4. The summed E-state index contributed by atoms with van der Waals surface area (Å²) in [5.41, 5.74) is 0.762. The van der Waals surface area contributed by atoms with Gasteiger partial charge in [0.25, 0.3) is 0 Å². The number of rotatable bonds is 5. The van der Waals surface area contributed by atoms with Gasteiger partial charge in [0.15, 0.2) is 0 Å². The molecule has 0 aliphatic carbocycles. The molecule has 1 aromatic rings. The molecule has 3 nitrogen and oxygen atoms in total. The van der Waals surface area contributed by atoms with E-state index in [9.17, 15) is 4.79 Å². The quantitative estimate of drug-likeness (QED) is 0.615. The Hall–Kier alpha value is -1.13. The Bertz CT molecular complexity index is 332. The first-order valence-corrected chi connectivity index (χ1v) is 5.52. The molecule has 0 aliphatic heterocycles. The fourth-order valence-electron chi connectivity index (χ4n) is 1.19. The van der Waals surface area contributed by atoms with Crippen LogP contribution in [0.2, 0.25) is 0 Å². The zero-order valence-electron chi connectivity index (χ0n) is 8.95. The number of carbonyl (C=O) groups is 1. The summed E-state index contributed by atoms with van der Waals surface area (Å²) in [5.74, 6) is -0.293. The number of carbonyl (C=O) groups excluding carboxylic acids is 1. The molecule has 1 unspecified atom stereocenters. The molecule has 1 aromatic heterocycles. The summed E-state index contributed by atoms with van der Waals surface area (Å²) in [7, 11) is 1.38. The van der Waals surface area contributed by atoms with Gasteiger partial charge in [0, 0.05) is 11.4 Å².